The molecule has 14 heavy (non-hydrogen) atoms. The van der Waals surface area contributed by atoms with Crippen LogP contribution >= 0.6 is 0 Å². The standard InChI is InChI=1S/C8H18N2O3S/c1-3-8(11)9-4-6-10(7-5-9)14(2,12)13/h8,11H,3-7H2,1-2H3. The molecule has 1 rings (SSSR count). The van der Waals surface area contributed by atoms with E-state index in [9.17, 15) is 13.5 Å². The van der Waals surface area contributed by atoms with Crippen LogP contribution in [0.1, 0.15) is 13.3 Å². The molecule has 1 atom stereocenters. The van der Waals surface area contributed by atoms with Crippen LogP contribution in [0.15, 0.2) is 0 Å². The molecule has 0 bridgehead atoms. The van der Waals surface area contributed by atoms with Crippen LogP contribution in [0.3, 0.4) is 0 Å². The molecule has 1 aliphatic heterocycles. The van der Waals surface area contributed by atoms with Crippen molar-refractivity contribution in [2.24, 2.45) is 0 Å². The predicted molar refractivity (Wildman–Crippen MR) is 54.3 cm³/mol. The van der Waals surface area contributed by atoms with Gasteiger partial charge in [-0.15, -0.1) is 0 Å². The Kier molecular flexibility index (Phi) is 3.88. The van der Waals surface area contributed by atoms with E-state index in [2.05, 4.69) is 0 Å². The number of aliphatic hydroxyl groups is 1. The van der Waals surface area contributed by atoms with Crippen molar-refractivity contribution < 1.29 is 13.5 Å². The second-order valence-electron chi connectivity index (χ2n) is 3.59. The van der Waals surface area contributed by atoms with Crippen LogP contribution in [-0.2, 0) is 10.0 Å². The third-order valence-corrected chi connectivity index (χ3v) is 3.83. The van der Waals surface area contributed by atoms with Gasteiger partial charge in [-0.1, -0.05) is 6.92 Å². The van der Waals surface area contributed by atoms with Crippen molar-refractivity contribution in [1.82, 2.24) is 9.21 Å². The molecule has 0 aliphatic carbocycles. The summed E-state index contributed by atoms with van der Waals surface area (Å²) >= 11 is 0. The van der Waals surface area contributed by atoms with Crippen molar-refractivity contribution in [2.45, 2.75) is 19.6 Å². The fourth-order valence-electron chi connectivity index (χ4n) is 1.59. The topological polar surface area (TPSA) is 60.9 Å². The zero-order chi connectivity index (χ0) is 10.8. The van der Waals surface area contributed by atoms with E-state index in [1.807, 2.05) is 11.8 Å². The number of nitrogens with zero attached hydrogens (tertiary/aromatic N) is 2. The van der Waals surface area contributed by atoms with Crippen LogP contribution < -0.4 is 0 Å². The lowest BCUT2D eigenvalue weighted by atomic mass is 10.3. The molecular weight excluding hydrogens is 204 g/mol. The van der Waals surface area contributed by atoms with Gasteiger partial charge in [-0.05, 0) is 6.42 Å². The first-order valence-corrected chi connectivity index (χ1v) is 6.67. The zero-order valence-corrected chi connectivity index (χ0v) is 9.50. The Hall–Kier alpha value is -0.170. The van der Waals surface area contributed by atoms with Crippen LogP contribution in [-0.4, -0.2) is 61.4 Å². The van der Waals surface area contributed by atoms with Crippen LogP contribution in [0.5, 0.6) is 0 Å². The van der Waals surface area contributed by atoms with E-state index in [0.717, 1.165) is 0 Å². The van der Waals surface area contributed by atoms with Gasteiger partial charge in [0.05, 0.1) is 6.26 Å². The van der Waals surface area contributed by atoms with Crippen molar-refractivity contribution in [3.63, 3.8) is 0 Å². The van der Waals surface area contributed by atoms with Gasteiger partial charge < -0.3 is 5.11 Å². The molecule has 84 valence electrons. The summed E-state index contributed by atoms with van der Waals surface area (Å²) in [4.78, 5) is 1.90. The highest BCUT2D eigenvalue weighted by Crippen LogP contribution is 2.09. The summed E-state index contributed by atoms with van der Waals surface area (Å²) in [5.74, 6) is 0. The molecule has 5 nitrogen and oxygen atoms in total. The van der Waals surface area contributed by atoms with Crippen molar-refractivity contribution in [2.75, 3.05) is 32.4 Å². The normalized spacial score (nSPS) is 23.6. The van der Waals surface area contributed by atoms with Crippen molar-refractivity contribution in [1.29, 1.82) is 0 Å². The summed E-state index contributed by atoms with van der Waals surface area (Å²) in [6.07, 6.45) is 1.47. The van der Waals surface area contributed by atoms with E-state index in [1.165, 1.54) is 10.6 Å². The summed E-state index contributed by atoms with van der Waals surface area (Å²) in [6, 6.07) is 0. The van der Waals surface area contributed by atoms with Crippen LogP contribution in [0.2, 0.25) is 0 Å². The van der Waals surface area contributed by atoms with Gasteiger partial charge >= 0.3 is 0 Å². The number of aliphatic hydroxyl groups excluding tert-OH is 1. The monoisotopic (exact) mass is 222 g/mol. The van der Waals surface area contributed by atoms with E-state index in [4.69, 9.17) is 0 Å². The summed E-state index contributed by atoms with van der Waals surface area (Å²) < 4.78 is 23.8. The molecule has 0 radical (unpaired) electrons. The number of hydrogen-bond acceptors (Lipinski definition) is 4. The van der Waals surface area contributed by atoms with Gasteiger partial charge in [0.25, 0.3) is 0 Å². The first kappa shape index (κ1) is 11.9. The van der Waals surface area contributed by atoms with E-state index < -0.39 is 16.3 Å². The molecule has 1 heterocycles. The lowest BCUT2D eigenvalue weighted by Gasteiger charge is -2.35. The van der Waals surface area contributed by atoms with Crippen molar-refractivity contribution >= 4 is 10.0 Å². The zero-order valence-electron chi connectivity index (χ0n) is 8.68. The molecule has 6 heteroatoms. The van der Waals surface area contributed by atoms with Gasteiger partial charge in [-0.25, -0.2) is 8.42 Å². The summed E-state index contributed by atoms with van der Waals surface area (Å²) in [7, 11) is -3.06. The van der Waals surface area contributed by atoms with Crippen LogP contribution in [0.25, 0.3) is 0 Å². The van der Waals surface area contributed by atoms with E-state index >= 15 is 0 Å². The van der Waals surface area contributed by atoms with Gasteiger partial charge in [0.2, 0.25) is 10.0 Å². The summed E-state index contributed by atoms with van der Waals surface area (Å²) in [6.45, 7) is 4.10. The fraction of sp³-hybridized carbons (Fsp3) is 1.00. The Balaban J connectivity index is 2.47. The first-order valence-electron chi connectivity index (χ1n) is 4.82. The molecule has 0 saturated carbocycles. The van der Waals surface area contributed by atoms with Gasteiger partial charge in [0, 0.05) is 26.2 Å². The minimum Gasteiger partial charge on any atom is -0.378 e. The Bertz CT molecular complexity index is 270. The average Bonchev–Trinajstić information content (AvgIpc) is 2.15. The Labute approximate surface area is 85.4 Å². The third-order valence-electron chi connectivity index (χ3n) is 2.53. The Morgan fingerprint density at radius 1 is 1.29 bits per heavy atom. The molecule has 0 aromatic rings. The molecule has 0 spiro atoms. The smallest absolute Gasteiger partial charge is 0.211 e. The number of hydrogen-bond donors (Lipinski definition) is 1. The first-order chi connectivity index (χ1) is 6.45. The van der Waals surface area contributed by atoms with Gasteiger partial charge in [0.15, 0.2) is 0 Å². The fourth-order valence-corrected chi connectivity index (χ4v) is 2.42. The highest BCUT2D eigenvalue weighted by Gasteiger charge is 2.25. The Morgan fingerprint density at radius 3 is 2.14 bits per heavy atom. The van der Waals surface area contributed by atoms with Crippen LogP contribution in [0.4, 0.5) is 0 Å². The molecule has 1 unspecified atom stereocenters. The molecule has 0 aromatic carbocycles. The minimum absolute atomic E-state index is 0.434. The van der Waals surface area contributed by atoms with Gasteiger partial charge in [-0.3, -0.25) is 4.90 Å². The molecule has 1 aliphatic rings. The average molecular weight is 222 g/mol. The maximum Gasteiger partial charge on any atom is 0.211 e. The third kappa shape index (κ3) is 2.91. The van der Waals surface area contributed by atoms with Crippen molar-refractivity contribution in [3.8, 4) is 0 Å². The molecule has 1 N–H and O–H groups in total. The largest absolute Gasteiger partial charge is 0.378 e. The number of piperazine rings is 1. The van der Waals surface area contributed by atoms with Crippen molar-refractivity contribution in [3.05, 3.63) is 0 Å². The molecule has 0 aromatic heterocycles. The maximum absolute atomic E-state index is 11.2. The van der Waals surface area contributed by atoms with E-state index in [1.54, 1.807) is 0 Å². The SMILES string of the molecule is CCC(O)N1CCN(S(C)(=O)=O)CC1. The van der Waals surface area contributed by atoms with E-state index in [-0.39, 0.29) is 0 Å². The second-order valence-corrected chi connectivity index (χ2v) is 5.57. The molecular formula is C8H18N2O3S. The number of sulfonamides is 1. The highest BCUT2D eigenvalue weighted by molar-refractivity contribution is 7.88. The molecule has 1 fully saturated rings. The lowest BCUT2D eigenvalue weighted by molar-refractivity contribution is -0.0157. The van der Waals surface area contributed by atoms with Crippen LogP contribution in [0, 0.1) is 0 Å². The molecule has 0 amide bonds. The lowest BCUT2D eigenvalue weighted by Crippen LogP contribution is -2.51. The summed E-state index contributed by atoms with van der Waals surface area (Å²) in [5.41, 5.74) is 0. The predicted octanol–water partition coefficient (Wildman–Crippen LogP) is -0.708. The summed E-state index contributed by atoms with van der Waals surface area (Å²) in [5, 5.41) is 9.53. The highest BCUT2D eigenvalue weighted by atomic mass is 32.2. The van der Waals surface area contributed by atoms with Gasteiger partial charge in [-0.2, -0.15) is 4.31 Å². The molecule has 1 saturated heterocycles. The Morgan fingerprint density at radius 2 is 1.79 bits per heavy atom. The minimum atomic E-state index is -3.06. The quantitative estimate of drug-likeness (QED) is 0.685. The van der Waals surface area contributed by atoms with E-state index in [0.29, 0.717) is 32.6 Å². The maximum atomic E-state index is 11.2. The second kappa shape index (κ2) is 4.57. The van der Waals surface area contributed by atoms with Gasteiger partial charge in [0.1, 0.15) is 6.23 Å². The number of rotatable bonds is 3.